The van der Waals surface area contributed by atoms with Crippen LogP contribution in [0.2, 0.25) is 0 Å². The van der Waals surface area contributed by atoms with Crippen LogP contribution in [0.25, 0.3) is 22.3 Å². The van der Waals surface area contributed by atoms with Crippen LogP contribution < -0.4 is 10.1 Å². The molecule has 4 heterocycles. The Hall–Kier alpha value is -3.42. The van der Waals surface area contributed by atoms with Crippen molar-refractivity contribution in [3.05, 3.63) is 47.5 Å². The van der Waals surface area contributed by atoms with Gasteiger partial charge < -0.3 is 10.1 Å². The molecule has 8 heteroatoms. The molecule has 0 amide bonds. The lowest BCUT2D eigenvalue weighted by atomic mass is 10.0. The summed E-state index contributed by atoms with van der Waals surface area (Å²) in [5.41, 5.74) is 6.44. The van der Waals surface area contributed by atoms with Gasteiger partial charge in [0.05, 0.1) is 41.2 Å². The minimum Gasteiger partial charge on any atom is -0.477 e. The number of aromatic amines is 1. The van der Waals surface area contributed by atoms with Crippen molar-refractivity contribution in [1.82, 2.24) is 29.9 Å². The van der Waals surface area contributed by atoms with E-state index in [1.165, 1.54) is 0 Å². The normalized spacial score (nSPS) is 11.4. The van der Waals surface area contributed by atoms with Gasteiger partial charge >= 0.3 is 0 Å². The highest BCUT2D eigenvalue weighted by Crippen LogP contribution is 2.35. The maximum Gasteiger partial charge on any atom is 0.222 e. The molecule has 0 aromatic carbocycles. The van der Waals surface area contributed by atoms with Crippen molar-refractivity contribution in [2.24, 2.45) is 7.05 Å². The van der Waals surface area contributed by atoms with E-state index in [-0.39, 0.29) is 5.92 Å². The molecule has 156 valence electrons. The molecule has 2 N–H and O–H groups in total. The van der Waals surface area contributed by atoms with E-state index in [1.807, 2.05) is 43.8 Å². The molecule has 4 aromatic rings. The maximum absolute atomic E-state index is 5.74. The van der Waals surface area contributed by atoms with Gasteiger partial charge in [0.25, 0.3) is 0 Å². The van der Waals surface area contributed by atoms with Gasteiger partial charge in [0.1, 0.15) is 0 Å². The first kappa shape index (κ1) is 19.9. The molecule has 0 bridgehead atoms. The number of aryl methyl sites for hydroxylation is 2. The summed E-state index contributed by atoms with van der Waals surface area (Å²) >= 11 is 0. The molecule has 4 rings (SSSR count). The molecule has 0 saturated heterocycles. The molecule has 0 fully saturated rings. The van der Waals surface area contributed by atoms with E-state index >= 15 is 0 Å². The third-order valence-corrected chi connectivity index (χ3v) is 4.91. The second-order valence-corrected chi connectivity index (χ2v) is 7.60. The number of nitrogens with zero attached hydrogens (tertiary/aromatic N) is 5. The largest absolute Gasteiger partial charge is 0.477 e. The fourth-order valence-corrected chi connectivity index (χ4v) is 3.55. The summed E-state index contributed by atoms with van der Waals surface area (Å²) in [5, 5.41) is 16.7. The van der Waals surface area contributed by atoms with Crippen molar-refractivity contribution in [1.29, 1.82) is 0 Å². The van der Waals surface area contributed by atoms with E-state index in [2.05, 4.69) is 40.4 Å². The summed E-state index contributed by atoms with van der Waals surface area (Å²) < 4.78 is 7.58. The summed E-state index contributed by atoms with van der Waals surface area (Å²) in [6.45, 7) is 9.37. The van der Waals surface area contributed by atoms with E-state index in [9.17, 15) is 0 Å². The van der Waals surface area contributed by atoms with E-state index in [1.54, 1.807) is 6.20 Å². The average Bonchev–Trinajstić information content (AvgIpc) is 3.30. The Morgan fingerprint density at radius 3 is 2.80 bits per heavy atom. The smallest absolute Gasteiger partial charge is 0.222 e. The van der Waals surface area contributed by atoms with Crippen LogP contribution in [0, 0.1) is 6.92 Å². The van der Waals surface area contributed by atoms with Crippen LogP contribution in [-0.4, -0.2) is 36.6 Å². The summed E-state index contributed by atoms with van der Waals surface area (Å²) in [5.74, 6) is 0.846. The van der Waals surface area contributed by atoms with E-state index in [0.717, 1.165) is 45.1 Å². The predicted molar refractivity (Wildman–Crippen MR) is 118 cm³/mol. The third kappa shape index (κ3) is 3.72. The van der Waals surface area contributed by atoms with Crippen LogP contribution in [-0.2, 0) is 13.6 Å². The molecule has 0 atom stereocenters. The van der Waals surface area contributed by atoms with Crippen molar-refractivity contribution in [2.75, 3.05) is 11.9 Å². The SMILES string of the molecule is CCOc1ncccc1-c1cc(NCc2cc(C)[nH]n2)c2c(C(C)C)nn(C)c2n1. The third-order valence-electron chi connectivity index (χ3n) is 4.91. The summed E-state index contributed by atoms with van der Waals surface area (Å²) in [4.78, 5) is 9.32. The Morgan fingerprint density at radius 1 is 1.27 bits per heavy atom. The minimum atomic E-state index is 0.270. The van der Waals surface area contributed by atoms with Crippen molar-refractivity contribution < 1.29 is 4.74 Å². The Kier molecular flexibility index (Phi) is 5.39. The fraction of sp³-hybridized carbons (Fsp3) is 0.364. The van der Waals surface area contributed by atoms with Crippen molar-refractivity contribution in [2.45, 2.75) is 40.2 Å². The molecule has 4 aromatic heterocycles. The Labute approximate surface area is 175 Å². The number of pyridine rings is 2. The summed E-state index contributed by atoms with van der Waals surface area (Å²) in [6, 6.07) is 7.96. The predicted octanol–water partition coefficient (Wildman–Crippen LogP) is 4.20. The van der Waals surface area contributed by atoms with Crippen molar-refractivity contribution in [3.8, 4) is 17.1 Å². The Bertz CT molecular complexity index is 1180. The van der Waals surface area contributed by atoms with Gasteiger partial charge in [-0.25, -0.2) is 9.97 Å². The molecular weight excluding hydrogens is 378 g/mol. The number of hydrogen-bond acceptors (Lipinski definition) is 6. The van der Waals surface area contributed by atoms with Gasteiger partial charge in [0.2, 0.25) is 5.88 Å². The fourth-order valence-electron chi connectivity index (χ4n) is 3.55. The van der Waals surface area contributed by atoms with Crippen LogP contribution in [0.4, 0.5) is 5.69 Å². The van der Waals surface area contributed by atoms with Gasteiger partial charge in [-0.15, -0.1) is 0 Å². The lowest BCUT2D eigenvalue weighted by Crippen LogP contribution is -2.04. The molecule has 0 aliphatic rings. The van der Waals surface area contributed by atoms with Crippen molar-refractivity contribution in [3.63, 3.8) is 0 Å². The van der Waals surface area contributed by atoms with Gasteiger partial charge in [0.15, 0.2) is 5.65 Å². The summed E-state index contributed by atoms with van der Waals surface area (Å²) in [6.07, 6.45) is 1.73. The topological polar surface area (TPSA) is 93.5 Å². The minimum absolute atomic E-state index is 0.270. The second kappa shape index (κ2) is 8.14. The van der Waals surface area contributed by atoms with Gasteiger partial charge in [-0.2, -0.15) is 10.2 Å². The molecule has 0 unspecified atom stereocenters. The van der Waals surface area contributed by atoms with Crippen LogP contribution in [0.3, 0.4) is 0 Å². The second-order valence-electron chi connectivity index (χ2n) is 7.60. The molecule has 0 aliphatic carbocycles. The number of hydrogen-bond donors (Lipinski definition) is 2. The molecule has 0 aliphatic heterocycles. The highest BCUT2D eigenvalue weighted by molar-refractivity contribution is 5.94. The molecule has 30 heavy (non-hydrogen) atoms. The molecule has 0 spiro atoms. The Balaban J connectivity index is 1.86. The van der Waals surface area contributed by atoms with Crippen LogP contribution >= 0.6 is 0 Å². The first-order valence-corrected chi connectivity index (χ1v) is 10.2. The van der Waals surface area contributed by atoms with Gasteiger partial charge in [-0.05, 0) is 44.0 Å². The van der Waals surface area contributed by atoms with Crippen LogP contribution in [0.5, 0.6) is 5.88 Å². The number of ether oxygens (including phenoxy) is 1. The quantitative estimate of drug-likeness (QED) is 0.479. The standard InChI is InChI=1S/C22H27N7O/c1-6-30-22-16(8-7-9-23-22)17-11-18(24-12-15-10-14(4)26-27-15)19-20(13(2)3)28-29(5)21(19)25-17/h7-11,13H,6,12H2,1-5H3,(H,24,25)(H,26,27). The van der Waals surface area contributed by atoms with Gasteiger partial charge in [-0.1, -0.05) is 13.8 Å². The molecule has 0 saturated carbocycles. The van der Waals surface area contributed by atoms with Crippen molar-refractivity contribution >= 4 is 16.7 Å². The van der Waals surface area contributed by atoms with Crippen LogP contribution in [0.15, 0.2) is 30.5 Å². The lowest BCUT2D eigenvalue weighted by Gasteiger charge is -2.13. The first-order chi connectivity index (χ1) is 14.5. The molecule has 8 nitrogen and oxygen atoms in total. The van der Waals surface area contributed by atoms with E-state index in [0.29, 0.717) is 19.0 Å². The van der Waals surface area contributed by atoms with E-state index in [4.69, 9.17) is 14.8 Å². The lowest BCUT2D eigenvalue weighted by molar-refractivity contribution is 0.328. The molecular formula is C22H27N7O. The summed E-state index contributed by atoms with van der Waals surface area (Å²) in [7, 11) is 1.93. The van der Waals surface area contributed by atoms with Crippen LogP contribution in [0.1, 0.15) is 43.8 Å². The highest BCUT2D eigenvalue weighted by atomic mass is 16.5. The van der Waals surface area contributed by atoms with E-state index < -0.39 is 0 Å². The molecule has 0 radical (unpaired) electrons. The highest BCUT2D eigenvalue weighted by Gasteiger charge is 2.20. The number of anilines is 1. The van der Waals surface area contributed by atoms with Gasteiger partial charge in [-0.3, -0.25) is 9.78 Å². The number of fused-ring (bicyclic) bond motifs is 1. The Morgan fingerprint density at radius 2 is 2.10 bits per heavy atom. The first-order valence-electron chi connectivity index (χ1n) is 10.2. The maximum atomic E-state index is 5.74. The average molecular weight is 406 g/mol. The number of nitrogens with one attached hydrogen (secondary N) is 2. The zero-order valence-electron chi connectivity index (χ0n) is 18.0. The number of aromatic nitrogens is 6. The zero-order chi connectivity index (χ0) is 21.3. The number of H-pyrrole nitrogens is 1. The number of rotatable bonds is 7. The monoisotopic (exact) mass is 405 g/mol. The van der Waals surface area contributed by atoms with Gasteiger partial charge in [0, 0.05) is 24.6 Å². The zero-order valence-corrected chi connectivity index (χ0v) is 18.0.